The molecular formula is C12H11Cl. The van der Waals surface area contributed by atoms with Gasteiger partial charge in [0.1, 0.15) is 0 Å². The molecule has 0 spiro atoms. The van der Waals surface area contributed by atoms with Crippen molar-refractivity contribution in [2.45, 2.75) is 0 Å². The molecule has 0 heterocycles. The van der Waals surface area contributed by atoms with Gasteiger partial charge in [-0.3, -0.25) is 0 Å². The van der Waals surface area contributed by atoms with Gasteiger partial charge in [0.15, 0.2) is 0 Å². The van der Waals surface area contributed by atoms with Crippen LogP contribution in [0, 0.1) is 0 Å². The summed E-state index contributed by atoms with van der Waals surface area (Å²) in [5.74, 6) is 0. The molecule has 0 saturated carbocycles. The van der Waals surface area contributed by atoms with E-state index >= 15 is 0 Å². The van der Waals surface area contributed by atoms with E-state index in [1.54, 1.807) is 18.2 Å². The van der Waals surface area contributed by atoms with Crippen LogP contribution < -0.4 is 0 Å². The molecule has 66 valence electrons. The monoisotopic (exact) mass is 190 g/mol. The van der Waals surface area contributed by atoms with Gasteiger partial charge in [-0.2, -0.15) is 0 Å². The summed E-state index contributed by atoms with van der Waals surface area (Å²) in [6.45, 7) is 11.2. The summed E-state index contributed by atoms with van der Waals surface area (Å²) < 4.78 is 0. The second kappa shape index (κ2) is 4.11. The Morgan fingerprint density at radius 1 is 0.923 bits per heavy atom. The highest BCUT2D eigenvalue weighted by Gasteiger charge is 2.04. The zero-order chi connectivity index (χ0) is 9.84. The highest BCUT2D eigenvalue weighted by Crippen LogP contribution is 2.26. The normalized spacial score (nSPS) is 9.31. The predicted octanol–water partition coefficient (Wildman–Crippen LogP) is 4.27. The average Bonchev–Trinajstić information content (AvgIpc) is 2.17. The molecule has 0 aliphatic heterocycles. The van der Waals surface area contributed by atoms with Gasteiger partial charge in [-0.15, -0.1) is 0 Å². The first-order valence-corrected chi connectivity index (χ1v) is 4.32. The molecule has 0 aliphatic rings. The molecule has 1 aromatic carbocycles. The van der Waals surface area contributed by atoms with Crippen molar-refractivity contribution in [2.24, 2.45) is 0 Å². The van der Waals surface area contributed by atoms with Crippen LogP contribution in [-0.4, -0.2) is 0 Å². The van der Waals surface area contributed by atoms with Gasteiger partial charge in [0.25, 0.3) is 0 Å². The van der Waals surface area contributed by atoms with Crippen LogP contribution in [0.2, 0.25) is 5.02 Å². The van der Waals surface area contributed by atoms with E-state index < -0.39 is 0 Å². The number of hydrogen-bond donors (Lipinski definition) is 0. The SMILES string of the molecule is C=Cc1ccc(Cl)c(C=C)c1C=C. The zero-order valence-electron chi connectivity index (χ0n) is 7.39. The smallest absolute Gasteiger partial charge is 0.0484 e. The van der Waals surface area contributed by atoms with Crippen LogP contribution in [0.3, 0.4) is 0 Å². The lowest BCUT2D eigenvalue weighted by Crippen LogP contribution is -1.86. The van der Waals surface area contributed by atoms with Crippen molar-refractivity contribution >= 4 is 29.8 Å². The van der Waals surface area contributed by atoms with Gasteiger partial charge in [0.2, 0.25) is 0 Å². The van der Waals surface area contributed by atoms with Crippen LogP contribution in [0.5, 0.6) is 0 Å². The van der Waals surface area contributed by atoms with E-state index in [9.17, 15) is 0 Å². The van der Waals surface area contributed by atoms with Crippen LogP contribution in [0.4, 0.5) is 0 Å². The van der Waals surface area contributed by atoms with Crippen molar-refractivity contribution in [2.75, 3.05) is 0 Å². The average molecular weight is 191 g/mol. The summed E-state index contributed by atoms with van der Waals surface area (Å²) in [6, 6.07) is 3.75. The minimum atomic E-state index is 0.690. The van der Waals surface area contributed by atoms with Crippen LogP contribution in [0.1, 0.15) is 16.7 Å². The molecule has 0 nitrogen and oxygen atoms in total. The Bertz CT molecular complexity index is 362. The van der Waals surface area contributed by atoms with Gasteiger partial charge in [-0.25, -0.2) is 0 Å². The zero-order valence-corrected chi connectivity index (χ0v) is 8.14. The van der Waals surface area contributed by atoms with E-state index in [0.29, 0.717) is 5.02 Å². The fraction of sp³-hybridized carbons (Fsp3) is 0. The molecule has 0 N–H and O–H groups in total. The standard InChI is InChI=1S/C12H11Cl/c1-4-9-7-8-12(13)11(6-3)10(9)5-2/h4-8H,1-3H2. The van der Waals surface area contributed by atoms with Crippen LogP contribution in [0.15, 0.2) is 31.9 Å². The maximum atomic E-state index is 5.98. The van der Waals surface area contributed by atoms with Crippen molar-refractivity contribution < 1.29 is 0 Å². The third-order valence-electron chi connectivity index (χ3n) is 1.90. The second-order valence-electron chi connectivity index (χ2n) is 2.58. The minimum absolute atomic E-state index is 0.690. The topological polar surface area (TPSA) is 0 Å². The van der Waals surface area contributed by atoms with Gasteiger partial charge in [-0.05, 0) is 17.2 Å². The molecule has 0 saturated heterocycles. The summed E-state index contributed by atoms with van der Waals surface area (Å²) in [5.41, 5.74) is 2.92. The Kier molecular flexibility index (Phi) is 3.10. The van der Waals surface area contributed by atoms with E-state index in [1.807, 2.05) is 12.1 Å². The number of rotatable bonds is 3. The summed E-state index contributed by atoms with van der Waals surface area (Å²) in [6.07, 6.45) is 5.27. The fourth-order valence-corrected chi connectivity index (χ4v) is 1.48. The maximum Gasteiger partial charge on any atom is 0.0484 e. The molecule has 1 heteroatoms. The van der Waals surface area contributed by atoms with E-state index in [0.717, 1.165) is 16.7 Å². The van der Waals surface area contributed by atoms with Crippen molar-refractivity contribution in [3.8, 4) is 0 Å². The second-order valence-corrected chi connectivity index (χ2v) is 2.98. The molecule has 0 aliphatic carbocycles. The minimum Gasteiger partial charge on any atom is -0.0984 e. The summed E-state index contributed by atoms with van der Waals surface area (Å²) >= 11 is 5.98. The summed E-state index contributed by atoms with van der Waals surface area (Å²) in [4.78, 5) is 0. The molecule has 0 unspecified atom stereocenters. The van der Waals surface area contributed by atoms with Gasteiger partial charge in [0, 0.05) is 10.6 Å². The van der Waals surface area contributed by atoms with Crippen LogP contribution >= 0.6 is 11.6 Å². The lowest BCUT2D eigenvalue weighted by Gasteiger charge is -2.07. The molecule has 0 atom stereocenters. The van der Waals surface area contributed by atoms with Crippen molar-refractivity contribution in [1.29, 1.82) is 0 Å². The van der Waals surface area contributed by atoms with Gasteiger partial charge < -0.3 is 0 Å². The van der Waals surface area contributed by atoms with Crippen LogP contribution in [-0.2, 0) is 0 Å². The molecule has 0 amide bonds. The lowest BCUT2D eigenvalue weighted by atomic mass is 10.0. The van der Waals surface area contributed by atoms with Gasteiger partial charge in [0.05, 0.1) is 0 Å². The van der Waals surface area contributed by atoms with E-state index in [2.05, 4.69) is 19.7 Å². The van der Waals surface area contributed by atoms with Gasteiger partial charge in [-0.1, -0.05) is 55.6 Å². The molecular weight excluding hydrogens is 180 g/mol. The highest BCUT2D eigenvalue weighted by atomic mass is 35.5. The van der Waals surface area contributed by atoms with Crippen molar-refractivity contribution in [3.63, 3.8) is 0 Å². The Hall–Kier alpha value is -1.27. The van der Waals surface area contributed by atoms with E-state index in [4.69, 9.17) is 11.6 Å². The van der Waals surface area contributed by atoms with Crippen molar-refractivity contribution in [1.82, 2.24) is 0 Å². The number of halogens is 1. The molecule has 0 fully saturated rings. The third-order valence-corrected chi connectivity index (χ3v) is 2.23. The quantitative estimate of drug-likeness (QED) is 0.668. The fourth-order valence-electron chi connectivity index (χ4n) is 1.24. The Balaban J connectivity index is 3.53. The van der Waals surface area contributed by atoms with Crippen LogP contribution in [0.25, 0.3) is 18.2 Å². The Morgan fingerprint density at radius 3 is 2.00 bits per heavy atom. The molecule has 13 heavy (non-hydrogen) atoms. The Morgan fingerprint density at radius 2 is 1.54 bits per heavy atom. The highest BCUT2D eigenvalue weighted by molar-refractivity contribution is 6.32. The first-order chi connectivity index (χ1) is 6.24. The molecule has 0 bridgehead atoms. The largest absolute Gasteiger partial charge is 0.0984 e. The molecule has 1 aromatic rings. The molecule has 0 radical (unpaired) electrons. The third kappa shape index (κ3) is 1.73. The summed E-state index contributed by atoms with van der Waals surface area (Å²) in [7, 11) is 0. The Labute approximate surface area is 83.9 Å². The lowest BCUT2D eigenvalue weighted by molar-refractivity contribution is 1.58. The molecule has 1 rings (SSSR count). The first-order valence-electron chi connectivity index (χ1n) is 3.94. The summed E-state index contributed by atoms with van der Waals surface area (Å²) in [5, 5.41) is 0.690. The van der Waals surface area contributed by atoms with Gasteiger partial charge >= 0.3 is 0 Å². The molecule has 0 aromatic heterocycles. The predicted molar refractivity (Wildman–Crippen MR) is 61.7 cm³/mol. The van der Waals surface area contributed by atoms with E-state index in [1.165, 1.54) is 0 Å². The first kappa shape index (κ1) is 9.82. The number of benzene rings is 1. The van der Waals surface area contributed by atoms with Crippen molar-refractivity contribution in [3.05, 3.63) is 53.6 Å². The maximum absolute atomic E-state index is 5.98. The number of hydrogen-bond acceptors (Lipinski definition) is 0. The van der Waals surface area contributed by atoms with E-state index in [-0.39, 0.29) is 0 Å².